The highest BCUT2D eigenvalue weighted by Crippen LogP contribution is 2.28. The van der Waals surface area contributed by atoms with Crippen LogP contribution in [0, 0.1) is 0 Å². The molecule has 0 unspecified atom stereocenters. The van der Waals surface area contributed by atoms with Crippen molar-refractivity contribution in [3.8, 4) is 45.6 Å². The van der Waals surface area contributed by atoms with Gasteiger partial charge in [0, 0.05) is 22.3 Å². The maximum absolute atomic E-state index is 5.96. The van der Waals surface area contributed by atoms with E-state index in [1.165, 1.54) is 0 Å². The average Bonchev–Trinajstić information content (AvgIpc) is 3.65. The van der Waals surface area contributed by atoms with E-state index < -0.39 is 0 Å². The Labute approximate surface area is 209 Å². The number of oxazole rings is 2. The fraction of sp³-hybridized carbons (Fsp3) is 0. The Bertz CT molecular complexity index is 1470. The van der Waals surface area contributed by atoms with Crippen LogP contribution in [-0.2, 0) is 0 Å². The van der Waals surface area contributed by atoms with Crippen molar-refractivity contribution >= 4 is 12.2 Å². The Hall–Kier alpha value is -4.96. The molecule has 0 spiro atoms. The monoisotopic (exact) mass is 466 g/mol. The van der Waals surface area contributed by atoms with Crippen LogP contribution in [-0.4, -0.2) is 9.97 Å². The van der Waals surface area contributed by atoms with Crippen LogP contribution in [0.2, 0.25) is 0 Å². The topological polar surface area (TPSA) is 52.1 Å². The molecule has 2 aromatic heterocycles. The molecule has 0 radical (unpaired) electrons. The van der Waals surface area contributed by atoms with Crippen molar-refractivity contribution in [2.45, 2.75) is 0 Å². The molecular weight excluding hydrogens is 444 g/mol. The number of hydrogen-bond acceptors (Lipinski definition) is 4. The van der Waals surface area contributed by atoms with Gasteiger partial charge in [-0.1, -0.05) is 97.1 Å². The van der Waals surface area contributed by atoms with Crippen molar-refractivity contribution in [3.63, 3.8) is 0 Å². The summed E-state index contributed by atoms with van der Waals surface area (Å²) in [5, 5.41) is 0. The van der Waals surface area contributed by atoms with Crippen LogP contribution in [0.15, 0.2) is 130 Å². The van der Waals surface area contributed by atoms with E-state index in [1.54, 1.807) is 12.4 Å². The number of benzene rings is 4. The molecule has 0 fully saturated rings. The summed E-state index contributed by atoms with van der Waals surface area (Å²) in [5.74, 6) is 2.75. The summed E-state index contributed by atoms with van der Waals surface area (Å²) in [4.78, 5) is 8.86. The van der Waals surface area contributed by atoms with Crippen LogP contribution in [0.1, 0.15) is 11.1 Å². The lowest BCUT2D eigenvalue weighted by atomic mass is 10.1. The van der Waals surface area contributed by atoms with E-state index in [1.807, 2.05) is 84.9 Å². The zero-order valence-electron chi connectivity index (χ0n) is 19.4. The molecule has 0 N–H and O–H groups in total. The predicted molar refractivity (Wildman–Crippen MR) is 144 cm³/mol. The van der Waals surface area contributed by atoms with Gasteiger partial charge < -0.3 is 8.83 Å². The zero-order valence-corrected chi connectivity index (χ0v) is 19.4. The van der Waals surface area contributed by atoms with Gasteiger partial charge in [0.1, 0.15) is 0 Å². The molecule has 2 heterocycles. The highest BCUT2D eigenvalue weighted by molar-refractivity contribution is 5.72. The van der Waals surface area contributed by atoms with Gasteiger partial charge in [0.15, 0.2) is 11.5 Å². The lowest BCUT2D eigenvalue weighted by molar-refractivity contribution is 0.588. The van der Waals surface area contributed by atoms with E-state index in [2.05, 4.69) is 46.4 Å². The zero-order chi connectivity index (χ0) is 24.2. The summed E-state index contributed by atoms with van der Waals surface area (Å²) >= 11 is 0. The van der Waals surface area contributed by atoms with Crippen LogP contribution in [0.4, 0.5) is 0 Å². The molecule has 6 aromatic rings. The molecule has 0 aliphatic carbocycles. The van der Waals surface area contributed by atoms with E-state index in [9.17, 15) is 0 Å². The second-order valence-corrected chi connectivity index (χ2v) is 8.37. The van der Waals surface area contributed by atoms with E-state index in [-0.39, 0.29) is 0 Å². The first-order valence-corrected chi connectivity index (χ1v) is 11.7. The quantitative estimate of drug-likeness (QED) is 0.231. The first-order chi connectivity index (χ1) is 17.8. The molecule has 4 heteroatoms. The Morgan fingerprint density at radius 3 is 1.31 bits per heavy atom. The van der Waals surface area contributed by atoms with Crippen molar-refractivity contribution in [2.24, 2.45) is 0 Å². The van der Waals surface area contributed by atoms with Gasteiger partial charge in [0.2, 0.25) is 11.8 Å². The molecule has 6 rings (SSSR count). The summed E-state index contributed by atoms with van der Waals surface area (Å²) in [6.07, 6.45) is 7.72. The molecule has 0 amide bonds. The van der Waals surface area contributed by atoms with Crippen molar-refractivity contribution < 1.29 is 8.83 Å². The standard InChI is InChI=1S/C32H22N2O2/c1-3-7-25(8-4-1)29-21-34-32(35-29)28-19-15-24(16-20-28)12-11-23-13-17-26(18-14-23)30-22-33-31(36-30)27-9-5-2-6-10-27/h1-22H. The average molecular weight is 467 g/mol. The number of hydrogen-bond donors (Lipinski definition) is 0. The summed E-state index contributed by atoms with van der Waals surface area (Å²) in [6, 6.07) is 36.3. The Kier molecular flexibility index (Phi) is 5.83. The lowest BCUT2D eigenvalue weighted by Gasteiger charge is -2.00. The third-order valence-electron chi connectivity index (χ3n) is 5.91. The van der Waals surface area contributed by atoms with Gasteiger partial charge in [-0.2, -0.15) is 0 Å². The third kappa shape index (κ3) is 4.65. The van der Waals surface area contributed by atoms with Crippen molar-refractivity contribution in [1.29, 1.82) is 0 Å². The minimum absolute atomic E-state index is 0.614. The van der Waals surface area contributed by atoms with Gasteiger partial charge in [-0.3, -0.25) is 0 Å². The first kappa shape index (κ1) is 21.6. The molecule has 172 valence electrons. The molecule has 0 saturated carbocycles. The molecule has 0 bridgehead atoms. The minimum Gasteiger partial charge on any atom is -0.436 e. The van der Waals surface area contributed by atoms with E-state index in [4.69, 9.17) is 8.83 Å². The van der Waals surface area contributed by atoms with Gasteiger partial charge in [-0.05, 0) is 35.4 Å². The molecule has 0 atom stereocenters. The van der Waals surface area contributed by atoms with Gasteiger partial charge in [0.25, 0.3) is 0 Å². The van der Waals surface area contributed by atoms with Crippen LogP contribution < -0.4 is 0 Å². The van der Waals surface area contributed by atoms with Crippen molar-refractivity contribution in [3.05, 3.63) is 133 Å². The fourth-order valence-electron chi connectivity index (χ4n) is 3.95. The molecule has 0 aliphatic heterocycles. The normalized spacial score (nSPS) is 11.2. The van der Waals surface area contributed by atoms with E-state index >= 15 is 0 Å². The maximum atomic E-state index is 5.96. The molecular formula is C32H22N2O2. The van der Waals surface area contributed by atoms with Crippen LogP contribution in [0.5, 0.6) is 0 Å². The molecule has 4 nitrogen and oxygen atoms in total. The van der Waals surface area contributed by atoms with Crippen molar-refractivity contribution in [1.82, 2.24) is 9.97 Å². The lowest BCUT2D eigenvalue weighted by Crippen LogP contribution is -1.79. The SMILES string of the molecule is C(=Cc1ccc(-c2ncc(-c3ccccc3)o2)cc1)c1ccc(-c2cnc(-c3ccccc3)o2)cc1. The number of nitrogens with zero attached hydrogens (tertiary/aromatic N) is 2. The molecule has 0 saturated heterocycles. The maximum Gasteiger partial charge on any atom is 0.226 e. The minimum atomic E-state index is 0.614. The van der Waals surface area contributed by atoms with Crippen LogP contribution >= 0.6 is 0 Å². The molecule has 0 aliphatic rings. The highest BCUT2D eigenvalue weighted by atomic mass is 16.4. The van der Waals surface area contributed by atoms with Gasteiger partial charge in [0.05, 0.1) is 12.4 Å². The summed E-state index contributed by atoms with van der Waals surface area (Å²) in [7, 11) is 0. The van der Waals surface area contributed by atoms with E-state index in [0.717, 1.165) is 44.9 Å². The van der Waals surface area contributed by atoms with Crippen LogP contribution in [0.25, 0.3) is 57.7 Å². The predicted octanol–water partition coefficient (Wildman–Crippen LogP) is 8.50. The Morgan fingerprint density at radius 2 is 0.806 bits per heavy atom. The third-order valence-corrected chi connectivity index (χ3v) is 5.91. The summed E-state index contributed by atoms with van der Waals surface area (Å²) < 4.78 is 11.9. The molecule has 36 heavy (non-hydrogen) atoms. The van der Waals surface area contributed by atoms with Crippen molar-refractivity contribution in [2.75, 3.05) is 0 Å². The number of rotatable bonds is 6. The summed E-state index contributed by atoms with van der Waals surface area (Å²) in [5.41, 5.74) is 6.12. The van der Waals surface area contributed by atoms with Crippen LogP contribution in [0.3, 0.4) is 0 Å². The Morgan fingerprint density at radius 1 is 0.417 bits per heavy atom. The van der Waals surface area contributed by atoms with Gasteiger partial charge >= 0.3 is 0 Å². The van der Waals surface area contributed by atoms with Gasteiger partial charge in [-0.15, -0.1) is 0 Å². The molecule has 4 aromatic carbocycles. The van der Waals surface area contributed by atoms with Gasteiger partial charge in [-0.25, -0.2) is 9.97 Å². The summed E-state index contributed by atoms with van der Waals surface area (Å²) in [6.45, 7) is 0. The fourth-order valence-corrected chi connectivity index (χ4v) is 3.95. The van der Waals surface area contributed by atoms with E-state index in [0.29, 0.717) is 11.8 Å². The largest absolute Gasteiger partial charge is 0.436 e. The Balaban J connectivity index is 1.13. The second-order valence-electron chi connectivity index (χ2n) is 8.37. The highest BCUT2D eigenvalue weighted by Gasteiger charge is 2.09. The number of aromatic nitrogens is 2. The second kappa shape index (κ2) is 9.72. The first-order valence-electron chi connectivity index (χ1n) is 11.7. The smallest absolute Gasteiger partial charge is 0.226 e.